The molecule has 0 unspecified atom stereocenters. The molecule has 0 spiro atoms. The molecule has 0 saturated heterocycles. The van der Waals surface area contributed by atoms with Gasteiger partial charge in [0.2, 0.25) is 5.89 Å². The van der Waals surface area contributed by atoms with Crippen molar-refractivity contribution in [1.29, 1.82) is 0 Å². The SMILES string of the molecule is Cc1ccc2oc(-c3ccc(C)c(NC(=S)NC(=O)c4ccc(-c5cccc(Cl)c5)o4)c3)nc2c1. The van der Waals surface area contributed by atoms with Crippen LogP contribution in [0.1, 0.15) is 21.7 Å². The number of nitrogens with one attached hydrogen (secondary N) is 2. The van der Waals surface area contributed by atoms with Crippen LogP contribution in [0.15, 0.2) is 81.6 Å². The quantitative estimate of drug-likeness (QED) is 0.254. The normalized spacial score (nSPS) is 10.9. The van der Waals surface area contributed by atoms with Gasteiger partial charge in [0.1, 0.15) is 11.3 Å². The molecule has 0 radical (unpaired) electrons. The summed E-state index contributed by atoms with van der Waals surface area (Å²) in [5.74, 6) is 0.719. The van der Waals surface area contributed by atoms with E-state index in [4.69, 9.17) is 32.7 Å². The van der Waals surface area contributed by atoms with Gasteiger partial charge in [-0.15, -0.1) is 0 Å². The topological polar surface area (TPSA) is 80.3 Å². The van der Waals surface area contributed by atoms with E-state index in [2.05, 4.69) is 15.6 Å². The second kappa shape index (κ2) is 9.37. The summed E-state index contributed by atoms with van der Waals surface area (Å²) in [7, 11) is 0. The number of aryl methyl sites for hydroxylation is 2. The molecule has 0 aliphatic rings. The number of thiocarbonyl (C=S) groups is 1. The highest BCUT2D eigenvalue weighted by Crippen LogP contribution is 2.29. The molecular formula is C27H20ClN3O3S. The first-order chi connectivity index (χ1) is 16.9. The minimum Gasteiger partial charge on any atom is -0.451 e. The van der Waals surface area contributed by atoms with Crippen molar-refractivity contribution in [1.82, 2.24) is 10.3 Å². The fourth-order valence-corrected chi connectivity index (χ4v) is 4.02. The molecule has 0 bridgehead atoms. The summed E-state index contributed by atoms with van der Waals surface area (Å²) in [4.78, 5) is 17.3. The first kappa shape index (κ1) is 22.8. The van der Waals surface area contributed by atoms with Gasteiger partial charge in [-0.25, -0.2) is 4.98 Å². The molecule has 0 saturated carbocycles. The maximum absolute atomic E-state index is 12.7. The van der Waals surface area contributed by atoms with E-state index in [1.54, 1.807) is 24.3 Å². The van der Waals surface area contributed by atoms with Crippen LogP contribution in [0.3, 0.4) is 0 Å². The summed E-state index contributed by atoms with van der Waals surface area (Å²) >= 11 is 11.4. The molecule has 0 aliphatic heterocycles. The number of amides is 1. The Bertz CT molecular complexity index is 1590. The van der Waals surface area contributed by atoms with E-state index in [1.165, 1.54) is 0 Å². The van der Waals surface area contributed by atoms with Crippen LogP contribution in [0.5, 0.6) is 0 Å². The average Bonchev–Trinajstić information content (AvgIpc) is 3.48. The molecule has 2 heterocycles. The third-order valence-corrected chi connectivity index (χ3v) is 5.88. The smallest absolute Gasteiger partial charge is 0.293 e. The van der Waals surface area contributed by atoms with E-state index in [-0.39, 0.29) is 10.9 Å². The zero-order chi connectivity index (χ0) is 24.5. The molecule has 0 fully saturated rings. The zero-order valence-electron chi connectivity index (χ0n) is 18.9. The minimum atomic E-state index is -0.459. The molecule has 0 aliphatic carbocycles. The molecule has 2 aromatic heterocycles. The molecule has 3 aromatic carbocycles. The van der Waals surface area contributed by atoms with Gasteiger partial charge in [-0.05, 0) is 85.7 Å². The zero-order valence-corrected chi connectivity index (χ0v) is 20.5. The van der Waals surface area contributed by atoms with E-state index in [9.17, 15) is 4.79 Å². The molecule has 2 N–H and O–H groups in total. The Morgan fingerprint density at radius 3 is 2.63 bits per heavy atom. The second-order valence-electron chi connectivity index (χ2n) is 8.10. The minimum absolute atomic E-state index is 0.136. The van der Waals surface area contributed by atoms with Gasteiger partial charge in [0.05, 0.1) is 0 Å². The third kappa shape index (κ3) is 4.96. The number of aromatic nitrogens is 1. The van der Waals surface area contributed by atoms with E-state index in [0.29, 0.717) is 16.7 Å². The van der Waals surface area contributed by atoms with Crippen LogP contribution in [0.2, 0.25) is 5.02 Å². The van der Waals surface area contributed by atoms with Gasteiger partial charge >= 0.3 is 0 Å². The number of anilines is 1. The lowest BCUT2D eigenvalue weighted by Crippen LogP contribution is -2.34. The Hall–Kier alpha value is -3.94. The Labute approximate surface area is 211 Å². The van der Waals surface area contributed by atoms with E-state index in [0.717, 1.165) is 39.0 Å². The largest absolute Gasteiger partial charge is 0.451 e. The maximum atomic E-state index is 12.7. The van der Waals surface area contributed by atoms with E-state index >= 15 is 0 Å². The maximum Gasteiger partial charge on any atom is 0.293 e. The highest BCUT2D eigenvalue weighted by molar-refractivity contribution is 7.80. The van der Waals surface area contributed by atoms with Crippen molar-refractivity contribution >= 4 is 51.6 Å². The van der Waals surface area contributed by atoms with Crippen molar-refractivity contribution in [2.24, 2.45) is 0 Å². The van der Waals surface area contributed by atoms with Gasteiger partial charge in [0.15, 0.2) is 16.5 Å². The van der Waals surface area contributed by atoms with Crippen molar-refractivity contribution < 1.29 is 13.6 Å². The first-order valence-corrected chi connectivity index (χ1v) is 11.6. The predicted molar refractivity (Wildman–Crippen MR) is 142 cm³/mol. The molecule has 5 aromatic rings. The molecule has 1 amide bonds. The Balaban J connectivity index is 1.30. The Morgan fingerprint density at radius 1 is 0.943 bits per heavy atom. The van der Waals surface area contributed by atoms with Crippen molar-refractivity contribution in [3.8, 4) is 22.8 Å². The van der Waals surface area contributed by atoms with Crippen LogP contribution >= 0.6 is 23.8 Å². The van der Waals surface area contributed by atoms with Crippen LogP contribution in [-0.2, 0) is 0 Å². The number of benzene rings is 3. The number of rotatable bonds is 4. The van der Waals surface area contributed by atoms with Crippen molar-refractivity contribution in [3.63, 3.8) is 0 Å². The highest BCUT2D eigenvalue weighted by Gasteiger charge is 2.15. The van der Waals surface area contributed by atoms with Crippen LogP contribution in [0.4, 0.5) is 5.69 Å². The lowest BCUT2D eigenvalue weighted by Gasteiger charge is -2.12. The van der Waals surface area contributed by atoms with Crippen LogP contribution in [0, 0.1) is 13.8 Å². The summed E-state index contributed by atoms with van der Waals surface area (Å²) in [6, 6.07) is 22.1. The molecule has 6 nitrogen and oxygen atoms in total. The van der Waals surface area contributed by atoms with Crippen LogP contribution in [-0.4, -0.2) is 16.0 Å². The molecule has 5 rings (SSSR count). The monoisotopic (exact) mass is 501 g/mol. The van der Waals surface area contributed by atoms with Crippen molar-refractivity contribution in [3.05, 3.63) is 94.7 Å². The van der Waals surface area contributed by atoms with E-state index in [1.807, 2.05) is 62.4 Å². The number of fused-ring (bicyclic) bond motifs is 1. The highest BCUT2D eigenvalue weighted by atomic mass is 35.5. The van der Waals surface area contributed by atoms with Gasteiger partial charge < -0.3 is 14.2 Å². The molecule has 0 atom stereocenters. The predicted octanol–water partition coefficient (Wildman–Crippen LogP) is 7.15. The molecular weight excluding hydrogens is 482 g/mol. The standard InChI is InChI=1S/C27H20ClN3O3S/c1-15-6-9-23-21(12-15)29-26(34-23)18-8-7-16(2)20(14-18)30-27(35)31-25(32)24-11-10-22(33-24)17-4-3-5-19(28)13-17/h3-14H,1-2H3,(H2,30,31,32,35). The van der Waals surface area contributed by atoms with Gasteiger partial charge in [0.25, 0.3) is 5.91 Å². The number of oxazole rings is 1. The summed E-state index contributed by atoms with van der Waals surface area (Å²) in [6.07, 6.45) is 0. The second-order valence-corrected chi connectivity index (χ2v) is 8.95. The number of carbonyl (C=O) groups is 1. The number of nitrogens with zero attached hydrogens (tertiary/aromatic N) is 1. The summed E-state index contributed by atoms with van der Waals surface area (Å²) in [5, 5.41) is 6.47. The number of halogens is 1. The fraction of sp³-hybridized carbons (Fsp3) is 0.0741. The van der Waals surface area contributed by atoms with Gasteiger partial charge in [-0.2, -0.15) is 0 Å². The lowest BCUT2D eigenvalue weighted by atomic mass is 10.1. The molecule has 8 heteroatoms. The average molecular weight is 502 g/mol. The lowest BCUT2D eigenvalue weighted by molar-refractivity contribution is 0.0951. The number of carbonyl (C=O) groups excluding carboxylic acids is 1. The van der Waals surface area contributed by atoms with Gasteiger partial charge in [-0.3, -0.25) is 10.1 Å². The third-order valence-electron chi connectivity index (χ3n) is 5.44. The van der Waals surface area contributed by atoms with Crippen LogP contribution < -0.4 is 10.6 Å². The van der Waals surface area contributed by atoms with Gasteiger partial charge in [-0.1, -0.05) is 35.9 Å². The molecule has 35 heavy (non-hydrogen) atoms. The Kier molecular flexibility index (Phi) is 6.11. The fourth-order valence-electron chi connectivity index (χ4n) is 3.63. The number of furan rings is 1. The molecule has 174 valence electrons. The van der Waals surface area contributed by atoms with Crippen molar-refractivity contribution in [2.45, 2.75) is 13.8 Å². The van der Waals surface area contributed by atoms with Crippen LogP contribution in [0.25, 0.3) is 33.9 Å². The Morgan fingerprint density at radius 2 is 1.80 bits per heavy atom. The number of hydrogen-bond donors (Lipinski definition) is 2. The van der Waals surface area contributed by atoms with Crippen molar-refractivity contribution in [2.75, 3.05) is 5.32 Å². The van der Waals surface area contributed by atoms with E-state index < -0.39 is 5.91 Å². The van der Waals surface area contributed by atoms with Gasteiger partial charge in [0, 0.05) is 21.8 Å². The summed E-state index contributed by atoms with van der Waals surface area (Å²) in [6.45, 7) is 3.95. The summed E-state index contributed by atoms with van der Waals surface area (Å²) in [5.41, 5.74) is 5.87. The number of hydrogen-bond acceptors (Lipinski definition) is 5. The first-order valence-electron chi connectivity index (χ1n) is 10.8. The summed E-state index contributed by atoms with van der Waals surface area (Å²) < 4.78 is 11.6.